The van der Waals surface area contributed by atoms with Crippen LogP contribution in [0, 0.1) is 6.92 Å². The number of aryl methyl sites for hydroxylation is 1. The molecule has 0 amide bonds. The van der Waals surface area contributed by atoms with Crippen LogP contribution in [0.4, 0.5) is 0 Å². The molecule has 0 spiro atoms. The molecule has 4 nitrogen and oxygen atoms in total. The van der Waals surface area contributed by atoms with Crippen molar-refractivity contribution in [3.8, 4) is 0 Å². The second-order valence-corrected chi connectivity index (χ2v) is 4.59. The fourth-order valence-corrected chi connectivity index (χ4v) is 2.41. The molecule has 3 rings (SSSR count). The molecule has 0 saturated heterocycles. The molecule has 0 saturated carbocycles. The predicted octanol–water partition coefficient (Wildman–Crippen LogP) is 2.28. The molecule has 96 valence electrons. The summed E-state index contributed by atoms with van der Waals surface area (Å²) in [4.78, 5) is 8.18. The summed E-state index contributed by atoms with van der Waals surface area (Å²) in [5, 5.41) is 10.6. The monoisotopic (exact) mass is 253 g/mol. The van der Waals surface area contributed by atoms with Crippen molar-refractivity contribution >= 4 is 10.9 Å². The highest BCUT2D eigenvalue weighted by atomic mass is 16.3. The van der Waals surface area contributed by atoms with Gasteiger partial charge in [0.25, 0.3) is 0 Å². The van der Waals surface area contributed by atoms with Crippen LogP contribution >= 0.6 is 0 Å². The molecule has 1 aromatic carbocycles. The van der Waals surface area contributed by atoms with Gasteiger partial charge in [0.15, 0.2) is 0 Å². The Morgan fingerprint density at radius 1 is 1.21 bits per heavy atom. The molecule has 0 bridgehead atoms. The van der Waals surface area contributed by atoms with Gasteiger partial charge in [-0.2, -0.15) is 0 Å². The van der Waals surface area contributed by atoms with Crippen molar-refractivity contribution in [3.63, 3.8) is 0 Å². The zero-order chi connectivity index (χ0) is 13.2. The maximum Gasteiger partial charge on any atom is 0.115 e. The maximum atomic E-state index is 9.37. The number of rotatable bonds is 3. The molecule has 2 aromatic heterocycles. The first-order chi connectivity index (χ1) is 9.29. The van der Waals surface area contributed by atoms with Crippen molar-refractivity contribution in [3.05, 3.63) is 59.8 Å². The number of hydrogen-bond donors (Lipinski definition) is 1. The van der Waals surface area contributed by atoms with Crippen molar-refractivity contribution in [2.45, 2.75) is 20.1 Å². The van der Waals surface area contributed by atoms with Gasteiger partial charge in [0.2, 0.25) is 0 Å². The minimum absolute atomic E-state index is 0.0699. The smallest absolute Gasteiger partial charge is 0.115 e. The van der Waals surface area contributed by atoms with E-state index in [0.29, 0.717) is 6.54 Å². The number of fused-ring (bicyclic) bond motifs is 1. The van der Waals surface area contributed by atoms with Crippen LogP contribution in [0.1, 0.15) is 16.8 Å². The van der Waals surface area contributed by atoms with E-state index >= 15 is 0 Å². The second-order valence-electron chi connectivity index (χ2n) is 4.59. The van der Waals surface area contributed by atoms with Crippen molar-refractivity contribution in [2.24, 2.45) is 0 Å². The average molecular weight is 253 g/mol. The third kappa shape index (κ3) is 2.11. The zero-order valence-electron chi connectivity index (χ0n) is 10.7. The number of aliphatic hydroxyl groups is 1. The molecule has 0 atom stereocenters. The van der Waals surface area contributed by atoms with Gasteiger partial charge < -0.3 is 9.67 Å². The highest BCUT2D eigenvalue weighted by Gasteiger charge is 2.08. The van der Waals surface area contributed by atoms with Gasteiger partial charge in [-0.3, -0.25) is 0 Å². The number of hydrogen-bond acceptors (Lipinski definition) is 3. The van der Waals surface area contributed by atoms with Gasteiger partial charge in [0.1, 0.15) is 6.33 Å². The lowest BCUT2D eigenvalue weighted by Gasteiger charge is -2.09. The average Bonchev–Trinajstić information content (AvgIpc) is 2.84. The van der Waals surface area contributed by atoms with Crippen LogP contribution in [0.2, 0.25) is 0 Å². The lowest BCUT2D eigenvalue weighted by Crippen LogP contribution is -2.02. The summed E-state index contributed by atoms with van der Waals surface area (Å²) < 4.78 is 2.16. The van der Waals surface area contributed by atoms with Crippen LogP contribution < -0.4 is 0 Å². The molecular weight excluding hydrogens is 238 g/mol. The Hall–Kier alpha value is -2.20. The summed E-state index contributed by atoms with van der Waals surface area (Å²) in [5.74, 6) is 0. The Kier molecular flexibility index (Phi) is 3.01. The van der Waals surface area contributed by atoms with Gasteiger partial charge in [0.05, 0.1) is 24.4 Å². The summed E-state index contributed by atoms with van der Waals surface area (Å²) in [6, 6.07) is 8.03. The normalized spacial score (nSPS) is 11.1. The molecule has 2 heterocycles. The fourth-order valence-electron chi connectivity index (χ4n) is 2.41. The highest BCUT2D eigenvalue weighted by molar-refractivity contribution is 5.84. The molecule has 1 N–H and O–H groups in total. The van der Waals surface area contributed by atoms with E-state index in [1.54, 1.807) is 12.5 Å². The Labute approximate surface area is 111 Å². The largest absolute Gasteiger partial charge is 0.392 e. The maximum absolute atomic E-state index is 9.37. The van der Waals surface area contributed by atoms with Crippen molar-refractivity contribution in [2.75, 3.05) is 0 Å². The van der Waals surface area contributed by atoms with Crippen LogP contribution in [0.25, 0.3) is 10.9 Å². The number of aromatic nitrogens is 3. The molecule has 0 radical (unpaired) electrons. The Morgan fingerprint density at radius 3 is 2.84 bits per heavy atom. The summed E-state index contributed by atoms with van der Waals surface area (Å²) in [6.07, 6.45) is 5.37. The molecule has 19 heavy (non-hydrogen) atoms. The Morgan fingerprint density at radius 2 is 2.11 bits per heavy atom. The van der Waals surface area contributed by atoms with E-state index in [2.05, 4.69) is 26.8 Å². The molecule has 0 aliphatic carbocycles. The molecule has 0 aliphatic rings. The van der Waals surface area contributed by atoms with Gasteiger partial charge >= 0.3 is 0 Å². The summed E-state index contributed by atoms with van der Waals surface area (Å²) >= 11 is 0. The molecular formula is C15H15N3O. The fraction of sp³-hybridized carbons (Fsp3) is 0.200. The Bertz CT molecular complexity index is 704. The van der Waals surface area contributed by atoms with E-state index in [1.165, 1.54) is 5.39 Å². The predicted molar refractivity (Wildman–Crippen MR) is 73.7 cm³/mol. The van der Waals surface area contributed by atoms with Crippen LogP contribution in [-0.2, 0) is 13.2 Å². The first-order valence-corrected chi connectivity index (χ1v) is 6.22. The van der Waals surface area contributed by atoms with E-state index in [4.69, 9.17) is 0 Å². The molecule has 0 unspecified atom stereocenters. The number of benzene rings is 1. The van der Waals surface area contributed by atoms with E-state index < -0.39 is 0 Å². The van der Waals surface area contributed by atoms with E-state index in [-0.39, 0.29) is 6.61 Å². The van der Waals surface area contributed by atoms with Crippen molar-refractivity contribution in [1.82, 2.24) is 14.5 Å². The quantitative estimate of drug-likeness (QED) is 0.779. The van der Waals surface area contributed by atoms with Crippen LogP contribution in [-0.4, -0.2) is 19.6 Å². The van der Waals surface area contributed by atoms with E-state index in [9.17, 15) is 5.11 Å². The third-order valence-electron chi connectivity index (χ3n) is 3.44. The Balaban J connectivity index is 2.09. The summed E-state index contributed by atoms with van der Waals surface area (Å²) in [7, 11) is 0. The number of nitrogens with zero attached hydrogens (tertiary/aromatic N) is 3. The first kappa shape index (κ1) is 11.9. The minimum Gasteiger partial charge on any atom is -0.392 e. The van der Waals surface area contributed by atoms with E-state index in [0.717, 1.165) is 22.3 Å². The van der Waals surface area contributed by atoms with Gasteiger partial charge in [-0.25, -0.2) is 9.97 Å². The molecule has 0 aliphatic heterocycles. The summed E-state index contributed by atoms with van der Waals surface area (Å²) in [5.41, 5.74) is 4.22. The molecule has 3 aromatic rings. The topological polar surface area (TPSA) is 50.9 Å². The van der Waals surface area contributed by atoms with Crippen molar-refractivity contribution < 1.29 is 5.11 Å². The summed E-state index contributed by atoms with van der Waals surface area (Å²) in [6.45, 7) is 2.83. The SMILES string of the molecule is Cc1c(CO)ccc2ccn(Cc3ccncn3)c12. The van der Waals surface area contributed by atoms with Crippen LogP contribution in [0.15, 0.2) is 43.0 Å². The van der Waals surface area contributed by atoms with Crippen molar-refractivity contribution in [1.29, 1.82) is 0 Å². The minimum atomic E-state index is 0.0699. The number of aliphatic hydroxyl groups excluding tert-OH is 1. The molecule has 0 fully saturated rings. The standard InChI is InChI=1S/C15H15N3O/c1-11-13(9-19)3-2-12-5-7-18(15(11)12)8-14-4-6-16-10-17-14/h2-7,10,19H,8-9H2,1H3. The third-order valence-corrected chi connectivity index (χ3v) is 3.44. The zero-order valence-corrected chi connectivity index (χ0v) is 10.7. The second kappa shape index (κ2) is 4.82. The highest BCUT2D eigenvalue weighted by Crippen LogP contribution is 2.23. The van der Waals surface area contributed by atoms with Gasteiger partial charge in [0, 0.05) is 12.4 Å². The lowest BCUT2D eigenvalue weighted by atomic mass is 10.1. The first-order valence-electron chi connectivity index (χ1n) is 6.22. The van der Waals surface area contributed by atoms with Gasteiger partial charge in [-0.05, 0) is 35.6 Å². The van der Waals surface area contributed by atoms with E-state index in [1.807, 2.05) is 25.1 Å². The lowest BCUT2D eigenvalue weighted by molar-refractivity contribution is 0.281. The molecule has 4 heteroatoms. The van der Waals surface area contributed by atoms with Crippen LogP contribution in [0.5, 0.6) is 0 Å². The van der Waals surface area contributed by atoms with Gasteiger partial charge in [-0.1, -0.05) is 12.1 Å². The van der Waals surface area contributed by atoms with Crippen LogP contribution in [0.3, 0.4) is 0 Å². The van der Waals surface area contributed by atoms with Gasteiger partial charge in [-0.15, -0.1) is 0 Å².